The Balaban J connectivity index is 2.32. The van der Waals surface area contributed by atoms with E-state index in [1.807, 2.05) is 24.3 Å². The third-order valence-corrected chi connectivity index (χ3v) is 2.39. The Hall–Kier alpha value is -1.57. The Morgan fingerprint density at radius 3 is 2.60 bits per heavy atom. The lowest BCUT2D eigenvalue weighted by Crippen LogP contribution is -1.92. The minimum atomic E-state index is -0.236. The number of hydrogen-bond acceptors (Lipinski definition) is 2. The Labute approximate surface area is 89.6 Å². The van der Waals surface area contributed by atoms with E-state index < -0.39 is 0 Å². The molecule has 2 nitrogen and oxygen atoms in total. The van der Waals surface area contributed by atoms with Crippen molar-refractivity contribution in [3.8, 4) is 0 Å². The van der Waals surface area contributed by atoms with Crippen molar-refractivity contribution >= 4 is 11.7 Å². The molecule has 0 aliphatic carbocycles. The molecular formula is C13H14O2. The highest BCUT2D eigenvalue weighted by molar-refractivity contribution is 6.02. The molecular weight excluding hydrogens is 188 g/mol. The summed E-state index contributed by atoms with van der Waals surface area (Å²) in [5, 5.41) is 0. The number of allylic oxidation sites excluding steroid dienone is 1. The van der Waals surface area contributed by atoms with Crippen LogP contribution in [0.4, 0.5) is 0 Å². The van der Waals surface area contributed by atoms with E-state index in [2.05, 4.69) is 13.8 Å². The van der Waals surface area contributed by atoms with Crippen molar-refractivity contribution in [2.24, 2.45) is 5.92 Å². The van der Waals surface area contributed by atoms with E-state index in [1.54, 1.807) is 6.07 Å². The minimum absolute atomic E-state index is 0.236. The molecule has 0 amide bonds. The summed E-state index contributed by atoms with van der Waals surface area (Å²) in [6.07, 6.45) is 2.92. The van der Waals surface area contributed by atoms with Crippen molar-refractivity contribution < 1.29 is 9.53 Å². The van der Waals surface area contributed by atoms with Crippen molar-refractivity contribution in [3.63, 3.8) is 0 Å². The highest BCUT2D eigenvalue weighted by Crippen LogP contribution is 2.29. The number of carbonyl (C=O) groups excluding carboxylic acids is 1. The molecule has 0 atom stereocenters. The zero-order valence-corrected chi connectivity index (χ0v) is 8.99. The maximum atomic E-state index is 11.5. The molecule has 1 aliphatic rings. The zero-order valence-electron chi connectivity index (χ0n) is 8.99. The lowest BCUT2D eigenvalue weighted by molar-refractivity contribution is 0.0715. The highest BCUT2D eigenvalue weighted by Gasteiger charge is 2.25. The first kappa shape index (κ1) is 9.97. The van der Waals surface area contributed by atoms with Crippen molar-refractivity contribution in [2.75, 3.05) is 0 Å². The molecule has 2 rings (SSSR count). The van der Waals surface area contributed by atoms with Gasteiger partial charge >= 0.3 is 5.97 Å². The highest BCUT2D eigenvalue weighted by atomic mass is 16.5. The quantitative estimate of drug-likeness (QED) is 0.688. The second kappa shape index (κ2) is 3.89. The number of esters is 1. The Bertz CT molecular complexity index is 416. The first-order chi connectivity index (χ1) is 7.18. The number of hydrogen-bond donors (Lipinski definition) is 0. The van der Waals surface area contributed by atoms with E-state index in [1.165, 1.54) is 0 Å². The third kappa shape index (κ3) is 1.94. The van der Waals surface area contributed by atoms with Gasteiger partial charge in [0.05, 0.1) is 5.56 Å². The van der Waals surface area contributed by atoms with Gasteiger partial charge in [-0.3, -0.25) is 0 Å². The molecule has 2 heteroatoms. The largest absolute Gasteiger partial charge is 0.423 e. The monoisotopic (exact) mass is 202 g/mol. The number of rotatable bonds is 2. The molecule has 0 fully saturated rings. The second-order valence-electron chi connectivity index (χ2n) is 4.13. The predicted octanol–water partition coefficient (Wildman–Crippen LogP) is 3.24. The summed E-state index contributed by atoms with van der Waals surface area (Å²) < 4.78 is 5.20. The third-order valence-electron chi connectivity index (χ3n) is 2.39. The van der Waals surface area contributed by atoms with Crippen molar-refractivity contribution in [2.45, 2.75) is 20.3 Å². The molecule has 78 valence electrons. The fraction of sp³-hybridized carbons (Fsp3) is 0.308. The average molecular weight is 202 g/mol. The van der Waals surface area contributed by atoms with Crippen LogP contribution in [0.2, 0.25) is 0 Å². The molecule has 1 heterocycles. The zero-order chi connectivity index (χ0) is 10.8. The molecule has 0 N–H and O–H groups in total. The topological polar surface area (TPSA) is 26.3 Å². The summed E-state index contributed by atoms with van der Waals surface area (Å²) in [4.78, 5) is 11.5. The van der Waals surface area contributed by atoms with Crippen LogP contribution in [0.15, 0.2) is 30.3 Å². The van der Waals surface area contributed by atoms with Crippen LogP contribution in [-0.4, -0.2) is 5.97 Å². The van der Waals surface area contributed by atoms with Crippen molar-refractivity contribution in [3.05, 3.63) is 41.5 Å². The van der Waals surface area contributed by atoms with Crippen LogP contribution < -0.4 is 0 Å². The second-order valence-corrected chi connectivity index (χ2v) is 4.13. The molecule has 0 saturated heterocycles. The number of ether oxygens (including phenoxy) is 1. The molecule has 0 saturated carbocycles. The lowest BCUT2D eigenvalue weighted by Gasteiger charge is -2.00. The van der Waals surface area contributed by atoms with Crippen LogP contribution in [0.1, 0.15) is 36.2 Å². The van der Waals surface area contributed by atoms with E-state index >= 15 is 0 Å². The van der Waals surface area contributed by atoms with Crippen LogP contribution in [0, 0.1) is 5.92 Å². The van der Waals surface area contributed by atoms with Gasteiger partial charge in [0.1, 0.15) is 5.76 Å². The van der Waals surface area contributed by atoms with Gasteiger partial charge in [-0.05, 0) is 24.5 Å². The summed E-state index contributed by atoms with van der Waals surface area (Å²) in [6.45, 7) is 4.28. The summed E-state index contributed by atoms with van der Waals surface area (Å²) in [7, 11) is 0. The van der Waals surface area contributed by atoms with Crippen LogP contribution in [-0.2, 0) is 4.74 Å². The number of carbonyl (C=O) groups is 1. The van der Waals surface area contributed by atoms with E-state index in [0.717, 1.165) is 12.0 Å². The normalized spacial score (nSPS) is 17.0. The van der Waals surface area contributed by atoms with Crippen LogP contribution in [0.5, 0.6) is 0 Å². The predicted molar refractivity (Wildman–Crippen MR) is 59.3 cm³/mol. The van der Waals surface area contributed by atoms with Crippen LogP contribution in [0.25, 0.3) is 5.76 Å². The Morgan fingerprint density at radius 2 is 1.93 bits per heavy atom. The molecule has 0 spiro atoms. The van der Waals surface area contributed by atoms with Crippen molar-refractivity contribution in [1.29, 1.82) is 0 Å². The molecule has 0 bridgehead atoms. The van der Waals surface area contributed by atoms with Gasteiger partial charge in [-0.15, -0.1) is 0 Å². The van der Waals surface area contributed by atoms with E-state index in [9.17, 15) is 4.79 Å². The van der Waals surface area contributed by atoms with E-state index in [-0.39, 0.29) is 5.97 Å². The summed E-state index contributed by atoms with van der Waals surface area (Å²) in [6, 6.07) is 7.50. The van der Waals surface area contributed by atoms with E-state index in [4.69, 9.17) is 4.74 Å². The van der Waals surface area contributed by atoms with Gasteiger partial charge in [-0.2, -0.15) is 0 Å². The standard InChI is InChI=1S/C13H14O2/c1-9(2)7-8-12-10-5-3-4-6-11(10)13(14)15-12/h3-6,8-9H,7H2,1-2H3/b12-8+. The van der Waals surface area contributed by atoms with Gasteiger partial charge in [0.25, 0.3) is 0 Å². The average Bonchev–Trinajstić information content (AvgIpc) is 2.54. The summed E-state index contributed by atoms with van der Waals surface area (Å²) >= 11 is 0. The summed E-state index contributed by atoms with van der Waals surface area (Å²) in [5.74, 6) is 1.05. The van der Waals surface area contributed by atoms with E-state index in [0.29, 0.717) is 17.2 Å². The van der Waals surface area contributed by atoms with Crippen LogP contribution in [0.3, 0.4) is 0 Å². The maximum Gasteiger partial charge on any atom is 0.344 e. The Morgan fingerprint density at radius 1 is 1.27 bits per heavy atom. The molecule has 0 unspecified atom stereocenters. The van der Waals surface area contributed by atoms with Gasteiger partial charge in [0, 0.05) is 5.56 Å². The molecule has 0 aromatic heterocycles. The van der Waals surface area contributed by atoms with Gasteiger partial charge in [-0.1, -0.05) is 32.0 Å². The maximum absolute atomic E-state index is 11.5. The van der Waals surface area contributed by atoms with Gasteiger partial charge in [0.15, 0.2) is 0 Å². The van der Waals surface area contributed by atoms with Crippen molar-refractivity contribution in [1.82, 2.24) is 0 Å². The van der Waals surface area contributed by atoms with Gasteiger partial charge in [0.2, 0.25) is 0 Å². The smallest absolute Gasteiger partial charge is 0.344 e. The SMILES string of the molecule is CC(C)C/C=C1/OC(=O)c2ccccc21. The first-order valence-corrected chi connectivity index (χ1v) is 5.20. The summed E-state index contributed by atoms with van der Waals surface area (Å²) in [5.41, 5.74) is 1.59. The fourth-order valence-electron chi connectivity index (χ4n) is 1.58. The lowest BCUT2D eigenvalue weighted by atomic mass is 10.1. The number of fused-ring (bicyclic) bond motifs is 1. The minimum Gasteiger partial charge on any atom is -0.423 e. The molecule has 15 heavy (non-hydrogen) atoms. The molecule has 1 aromatic rings. The number of cyclic esters (lactones) is 1. The van der Waals surface area contributed by atoms with Gasteiger partial charge in [-0.25, -0.2) is 4.79 Å². The molecule has 1 aliphatic heterocycles. The first-order valence-electron chi connectivity index (χ1n) is 5.20. The molecule has 0 radical (unpaired) electrons. The fourth-order valence-corrected chi connectivity index (χ4v) is 1.58. The van der Waals surface area contributed by atoms with Gasteiger partial charge < -0.3 is 4.74 Å². The molecule has 1 aromatic carbocycles. The Kier molecular flexibility index (Phi) is 2.58. The van der Waals surface area contributed by atoms with Crippen LogP contribution >= 0.6 is 0 Å². The number of benzene rings is 1.